The van der Waals surface area contributed by atoms with Crippen LogP contribution in [0.3, 0.4) is 0 Å². The van der Waals surface area contributed by atoms with Gasteiger partial charge in [-0.05, 0) is 24.8 Å². The van der Waals surface area contributed by atoms with Gasteiger partial charge in [-0.2, -0.15) is 0 Å². The lowest BCUT2D eigenvalue weighted by molar-refractivity contribution is 0.122. The topological polar surface area (TPSA) is 38.2 Å². The molecule has 1 aromatic rings. The van der Waals surface area contributed by atoms with Crippen molar-refractivity contribution >= 4 is 5.95 Å². The highest BCUT2D eigenvalue weighted by Gasteiger charge is 2.18. The molecule has 0 atom stereocenters. The first-order chi connectivity index (χ1) is 7.43. The third-order valence-electron chi connectivity index (χ3n) is 3.10. The van der Waals surface area contributed by atoms with Gasteiger partial charge in [-0.3, -0.25) is 0 Å². The van der Waals surface area contributed by atoms with E-state index < -0.39 is 0 Å². The van der Waals surface area contributed by atoms with Crippen LogP contribution in [0.5, 0.6) is 0 Å². The third kappa shape index (κ3) is 1.69. The third-order valence-corrected chi connectivity index (χ3v) is 3.10. The standard InChI is InChI=1S/C11H15N3O/c1-2-9-8-12-11(13-10(9)3-1)14-4-6-15-7-5-14/h8H,1-7H2. The van der Waals surface area contributed by atoms with Crippen molar-refractivity contribution in [2.75, 3.05) is 31.2 Å². The normalized spacial score (nSPS) is 20.4. The zero-order chi connectivity index (χ0) is 10.1. The highest BCUT2D eigenvalue weighted by Crippen LogP contribution is 2.21. The number of ether oxygens (including phenoxy) is 1. The van der Waals surface area contributed by atoms with Crippen molar-refractivity contribution in [3.05, 3.63) is 17.5 Å². The van der Waals surface area contributed by atoms with Crippen LogP contribution in [0.2, 0.25) is 0 Å². The van der Waals surface area contributed by atoms with Gasteiger partial charge in [-0.15, -0.1) is 0 Å². The summed E-state index contributed by atoms with van der Waals surface area (Å²) in [6.45, 7) is 3.42. The molecule has 3 rings (SSSR count). The average Bonchev–Trinajstić information content (AvgIpc) is 2.77. The molecule has 0 aromatic carbocycles. The van der Waals surface area contributed by atoms with E-state index in [1.807, 2.05) is 6.20 Å². The molecular weight excluding hydrogens is 190 g/mol. The maximum atomic E-state index is 5.32. The van der Waals surface area contributed by atoms with Gasteiger partial charge in [0.25, 0.3) is 0 Å². The number of nitrogens with zero attached hydrogens (tertiary/aromatic N) is 3. The number of fused-ring (bicyclic) bond motifs is 1. The van der Waals surface area contributed by atoms with Crippen molar-refractivity contribution in [3.63, 3.8) is 0 Å². The van der Waals surface area contributed by atoms with Gasteiger partial charge >= 0.3 is 0 Å². The summed E-state index contributed by atoms with van der Waals surface area (Å²) in [4.78, 5) is 11.3. The van der Waals surface area contributed by atoms with Crippen LogP contribution in [0.4, 0.5) is 5.95 Å². The lowest BCUT2D eigenvalue weighted by atomic mass is 10.3. The summed E-state index contributed by atoms with van der Waals surface area (Å²) in [5.41, 5.74) is 2.60. The fourth-order valence-corrected chi connectivity index (χ4v) is 2.22. The summed E-state index contributed by atoms with van der Waals surface area (Å²) in [5, 5.41) is 0. The molecule has 0 spiro atoms. The van der Waals surface area contributed by atoms with Crippen LogP contribution >= 0.6 is 0 Å². The molecule has 1 saturated heterocycles. The van der Waals surface area contributed by atoms with Gasteiger partial charge in [0.2, 0.25) is 5.95 Å². The number of aryl methyl sites for hydroxylation is 2. The van der Waals surface area contributed by atoms with Gasteiger partial charge in [0.1, 0.15) is 0 Å². The van der Waals surface area contributed by atoms with Crippen LogP contribution in [-0.4, -0.2) is 36.3 Å². The maximum Gasteiger partial charge on any atom is 0.225 e. The largest absolute Gasteiger partial charge is 0.378 e. The molecule has 0 amide bonds. The number of aromatic nitrogens is 2. The summed E-state index contributed by atoms with van der Waals surface area (Å²) >= 11 is 0. The summed E-state index contributed by atoms with van der Waals surface area (Å²) in [5.74, 6) is 0.888. The van der Waals surface area contributed by atoms with Crippen LogP contribution in [0.1, 0.15) is 17.7 Å². The van der Waals surface area contributed by atoms with E-state index >= 15 is 0 Å². The fourth-order valence-electron chi connectivity index (χ4n) is 2.22. The Balaban J connectivity index is 1.85. The van der Waals surface area contributed by atoms with E-state index in [2.05, 4.69) is 14.9 Å². The quantitative estimate of drug-likeness (QED) is 0.680. The van der Waals surface area contributed by atoms with E-state index in [0.29, 0.717) is 0 Å². The summed E-state index contributed by atoms with van der Waals surface area (Å²) in [6, 6.07) is 0. The Kier molecular flexibility index (Phi) is 2.29. The molecule has 0 N–H and O–H groups in total. The van der Waals surface area contributed by atoms with Crippen molar-refractivity contribution in [3.8, 4) is 0 Å². The van der Waals surface area contributed by atoms with Gasteiger partial charge < -0.3 is 9.64 Å². The Hall–Kier alpha value is -1.16. The van der Waals surface area contributed by atoms with Crippen LogP contribution < -0.4 is 4.90 Å². The minimum absolute atomic E-state index is 0.792. The molecule has 1 aromatic heterocycles. The van der Waals surface area contributed by atoms with Crippen molar-refractivity contribution in [1.29, 1.82) is 0 Å². The summed E-state index contributed by atoms with van der Waals surface area (Å²) in [6.07, 6.45) is 5.50. The molecule has 1 aliphatic heterocycles. The Morgan fingerprint density at radius 3 is 2.93 bits per heavy atom. The maximum absolute atomic E-state index is 5.32. The first-order valence-corrected chi connectivity index (χ1v) is 5.61. The predicted molar refractivity (Wildman–Crippen MR) is 57.1 cm³/mol. The van der Waals surface area contributed by atoms with Gasteiger partial charge in [0.15, 0.2) is 0 Å². The highest BCUT2D eigenvalue weighted by molar-refractivity contribution is 5.35. The molecule has 0 radical (unpaired) electrons. The fraction of sp³-hybridized carbons (Fsp3) is 0.636. The Labute approximate surface area is 89.3 Å². The summed E-state index contributed by atoms with van der Waals surface area (Å²) < 4.78 is 5.32. The Morgan fingerprint density at radius 2 is 2.07 bits per heavy atom. The van der Waals surface area contributed by atoms with Gasteiger partial charge in [-0.1, -0.05) is 0 Å². The minimum atomic E-state index is 0.792. The molecule has 2 heterocycles. The second-order valence-electron chi connectivity index (χ2n) is 4.09. The minimum Gasteiger partial charge on any atom is -0.378 e. The average molecular weight is 205 g/mol. The predicted octanol–water partition coefficient (Wildman–Crippen LogP) is 0.802. The smallest absolute Gasteiger partial charge is 0.225 e. The van der Waals surface area contributed by atoms with Crippen molar-refractivity contribution < 1.29 is 4.74 Å². The van der Waals surface area contributed by atoms with Gasteiger partial charge in [-0.25, -0.2) is 9.97 Å². The van der Waals surface area contributed by atoms with Crippen molar-refractivity contribution in [1.82, 2.24) is 9.97 Å². The molecule has 15 heavy (non-hydrogen) atoms. The number of anilines is 1. The zero-order valence-corrected chi connectivity index (χ0v) is 8.78. The summed E-state index contributed by atoms with van der Waals surface area (Å²) in [7, 11) is 0. The zero-order valence-electron chi connectivity index (χ0n) is 8.78. The molecule has 4 heteroatoms. The highest BCUT2D eigenvalue weighted by atomic mass is 16.5. The Bertz CT molecular complexity index is 361. The second-order valence-corrected chi connectivity index (χ2v) is 4.09. The van der Waals surface area contributed by atoms with Crippen LogP contribution in [0.15, 0.2) is 6.20 Å². The van der Waals surface area contributed by atoms with Crippen molar-refractivity contribution in [2.24, 2.45) is 0 Å². The van der Waals surface area contributed by atoms with E-state index in [9.17, 15) is 0 Å². The van der Waals surface area contributed by atoms with Gasteiger partial charge in [0, 0.05) is 25.0 Å². The molecule has 1 aliphatic carbocycles. The van der Waals surface area contributed by atoms with Crippen LogP contribution in [0.25, 0.3) is 0 Å². The molecule has 0 bridgehead atoms. The molecule has 0 saturated carbocycles. The Morgan fingerprint density at radius 1 is 1.20 bits per heavy atom. The van der Waals surface area contributed by atoms with E-state index in [0.717, 1.165) is 45.1 Å². The number of hydrogen-bond acceptors (Lipinski definition) is 4. The molecule has 1 fully saturated rings. The molecule has 80 valence electrons. The molecule has 4 nitrogen and oxygen atoms in total. The van der Waals surface area contributed by atoms with Gasteiger partial charge in [0.05, 0.1) is 13.2 Å². The van der Waals surface area contributed by atoms with Crippen LogP contribution in [0, 0.1) is 0 Å². The number of rotatable bonds is 1. The lowest BCUT2D eigenvalue weighted by Gasteiger charge is -2.26. The molecular formula is C11H15N3O. The molecule has 2 aliphatic rings. The number of morpholine rings is 1. The lowest BCUT2D eigenvalue weighted by Crippen LogP contribution is -2.37. The monoisotopic (exact) mass is 205 g/mol. The van der Waals surface area contributed by atoms with E-state index in [1.54, 1.807) is 0 Å². The molecule has 0 unspecified atom stereocenters. The second kappa shape index (κ2) is 3.77. The van der Waals surface area contributed by atoms with E-state index in [4.69, 9.17) is 4.74 Å². The first-order valence-electron chi connectivity index (χ1n) is 5.61. The number of hydrogen-bond donors (Lipinski definition) is 0. The van der Waals surface area contributed by atoms with Crippen molar-refractivity contribution in [2.45, 2.75) is 19.3 Å². The van der Waals surface area contributed by atoms with E-state index in [-0.39, 0.29) is 0 Å². The SMILES string of the molecule is c1nc(N2CCOCC2)nc2c1CCC2. The van der Waals surface area contributed by atoms with E-state index in [1.165, 1.54) is 17.7 Å². The van der Waals surface area contributed by atoms with Crippen LogP contribution in [-0.2, 0) is 17.6 Å². The first kappa shape index (κ1) is 9.09.